The van der Waals surface area contributed by atoms with Crippen molar-refractivity contribution in [3.63, 3.8) is 0 Å². The molecular weight excluding hydrogens is 214 g/mol. The Bertz CT molecular complexity index is 346. The SMILES string of the molecule is CCC(C)NC(=O)CCOc1ccc(C)cc1. The highest BCUT2D eigenvalue weighted by Crippen LogP contribution is 2.11. The highest BCUT2D eigenvalue weighted by atomic mass is 16.5. The lowest BCUT2D eigenvalue weighted by atomic mass is 10.2. The number of amides is 1. The average molecular weight is 235 g/mol. The minimum Gasteiger partial charge on any atom is -0.493 e. The quantitative estimate of drug-likeness (QED) is 0.823. The van der Waals surface area contributed by atoms with Crippen molar-refractivity contribution in [1.29, 1.82) is 0 Å². The van der Waals surface area contributed by atoms with Gasteiger partial charge in [-0.05, 0) is 32.4 Å². The summed E-state index contributed by atoms with van der Waals surface area (Å²) in [5.74, 6) is 0.860. The lowest BCUT2D eigenvalue weighted by Gasteiger charge is -2.11. The summed E-state index contributed by atoms with van der Waals surface area (Å²) in [4.78, 5) is 11.5. The third kappa shape index (κ3) is 5.38. The van der Waals surface area contributed by atoms with Crippen LogP contribution in [-0.4, -0.2) is 18.6 Å². The van der Waals surface area contributed by atoms with E-state index in [2.05, 4.69) is 5.32 Å². The molecule has 1 N–H and O–H groups in total. The summed E-state index contributed by atoms with van der Waals surface area (Å²) in [5, 5.41) is 2.91. The smallest absolute Gasteiger partial charge is 0.223 e. The molecule has 0 saturated heterocycles. The van der Waals surface area contributed by atoms with Crippen molar-refractivity contribution in [3.8, 4) is 5.75 Å². The first-order chi connectivity index (χ1) is 8.11. The third-order valence-electron chi connectivity index (χ3n) is 2.64. The minimum absolute atomic E-state index is 0.0476. The topological polar surface area (TPSA) is 38.3 Å². The summed E-state index contributed by atoms with van der Waals surface area (Å²) in [6, 6.07) is 8.06. The van der Waals surface area contributed by atoms with Crippen LogP contribution in [0.3, 0.4) is 0 Å². The van der Waals surface area contributed by atoms with Crippen molar-refractivity contribution in [3.05, 3.63) is 29.8 Å². The number of hydrogen-bond donors (Lipinski definition) is 1. The van der Waals surface area contributed by atoms with Crippen LogP contribution >= 0.6 is 0 Å². The van der Waals surface area contributed by atoms with Crippen molar-refractivity contribution < 1.29 is 9.53 Å². The third-order valence-corrected chi connectivity index (χ3v) is 2.64. The molecule has 0 aliphatic heterocycles. The Hall–Kier alpha value is -1.51. The van der Waals surface area contributed by atoms with Crippen molar-refractivity contribution in [1.82, 2.24) is 5.32 Å². The van der Waals surface area contributed by atoms with Crippen LogP contribution in [0.15, 0.2) is 24.3 Å². The second-order valence-electron chi connectivity index (χ2n) is 4.29. The van der Waals surface area contributed by atoms with Gasteiger partial charge < -0.3 is 10.1 Å². The summed E-state index contributed by atoms with van der Waals surface area (Å²) in [6.45, 7) is 6.50. The Labute approximate surface area is 103 Å². The summed E-state index contributed by atoms with van der Waals surface area (Å²) in [7, 11) is 0. The Balaban J connectivity index is 2.23. The molecule has 0 radical (unpaired) electrons. The second-order valence-corrected chi connectivity index (χ2v) is 4.29. The summed E-state index contributed by atoms with van der Waals surface area (Å²) < 4.78 is 5.49. The van der Waals surface area contributed by atoms with Gasteiger partial charge in [-0.15, -0.1) is 0 Å². The number of aryl methyl sites for hydroxylation is 1. The molecule has 3 heteroatoms. The molecule has 0 spiro atoms. The zero-order valence-electron chi connectivity index (χ0n) is 10.8. The molecule has 1 amide bonds. The van der Waals surface area contributed by atoms with Crippen LogP contribution in [-0.2, 0) is 4.79 Å². The summed E-state index contributed by atoms with van der Waals surface area (Å²) in [5.41, 5.74) is 1.20. The molecule has 0 aliphatic carbocycles. The maximum Gasteiger partial charge on any atom is 0.223 e. The second kappa shape index (κ2) is 6.94. The Morgan fingerprint density at radius 2 is 2.00 bits per heavy atom. The van der Waals surface area contributed by atoms with Gasteiger partial charge in [0, 0.05) is 6.04 Å². The average Bonchev–Trinajstić information content (AvgIpc) is 2.31. The lowest BCUT2D eigenvalue weighted by molar-refractivity contribution is -0.122. The predicted octanol–water partition coefficient (Wildman–Crippen LogP) is 2.68. The predicted molar refractivity (Wildman–Crippen MR) is 69.2 cm³/mol. The molecule has 17 heavy (non-hydrogen) atoms. The van der Waals surface area contributed by atoms with Crippen molar-refractivity contribution in [2.75, 3.05) is 6.61 Å². The fourth-order valence-electron chi connectivity index (χ4n) is 1.35. The monoisotopic (exact) mass is 235 g/mol. The first kappa shape index (κ1) is 13.6. The zero-order chi connectivity index (χ0) is 12.7. The fourth-order valence-corrected chi connectivity index (χ4v) is 1.35. The van der Waals surface area contributed by atoms with Crippen molar-refractivity contribution in [2.45, 2.75) is 39.7 Å². The first-order valence-corrected chi connectivity index (χ1v) is 6.10. The summed E-state index contributed by atoms with van der Waals surface area (Å²) in [6.07, 6.45) is 1.35. The largest absolute Gasteiger partial charge is 0.493 e. The van der Waals surface area contributed by atoms with Gasteiger partial charge in [0.25, 0.3) is 0 Å². The van der Waals surface area contributed by atoms with E-state index in [0.29, 0.717) is 13.0 Å². The number of hydrogen-bond acceptors (Lipinski definition) is 2. The molecule has 0 fully saturated rings. The van der Waals surface area contributed by atoms with Gasteiger partial charge in [-0.3, -0.25) is 4.79 Å². The molecular formula is C14H21NO2. The van der Waals surface area contributed by atoms with E-state index in [1.165, 1.54) is 5.56 Å². The van der Waals surface area contributed by atoms with E-state index in [9.17, 15) is 4.79 Å². The molecule has 0 aromatic heterocycles. The molecule has 0 aliphatic rings. The van der Waals surface area contributed by atoms with Crippen molar-refractivity contribution in [2.24, 2.45) is 0 Å². The first-order valence-electron chi connectivity index (χ1n) is 6.10. The molecule has 1 aromatic rings. The Morgan fingerprint density at radius 1 is 1.35 bits per heavy atom. The van der Waals surface area contributed by atoms with E-state index >= 15 is 0 Å². The van der Waals surface area contributed by atoms with Crippen molar-refractivity contribution >= 4 is 5.91 Å². The van der Waals surface area contributed by atoms with Crippen LogP contribution in [0.5, 0.6) is 5.75 Å². The number of carbonyl (C=O) groups excluding carboxylic acids is 1. The van der Waals surface area contributed by atoms with Gasteiger partial charge >= 0.3 is 0 Å². The standard InChI is InChI=1S/C14H21NO2/c1-4-12(3)15-14(16)9-10-17-13-7-5-11(2)6-8-13/h5-8,12H,4,9-10H2,1-3H3,(H,15,16). The molecule has 0 saturated carbocycles. The van der Waals surface area contributed by atoms with E-state index in [0.717, 1.165) is 12.2 Å². The van der Waals surface area contributed by atoms with Crippen LogP contribution in [0.1, 0.15) is 32.3 Å². The highest BCUT2D eigenvalue weighted by Gasteiger charge is 2.05. The number of nitrogens with one attached hydrogen (secondary N) is 1. The van der Waals surface area contributed by atoms with E-state index in [1.807, 2.05) is 45.0 Å². The maximum atomic E-state index is 11.5. The van der Waals surface area contributed by atoms with Crippen LogP contribution in [0.2, 0.25) is 0 Å². The molecule has 0 heterocycles. The highest BCUT2D eigenvalue weighted by molar-refractivity contribution is 5.76. The van der Waals surface area contributed by atoms with Gasteiger partial charge in [0.2, 0.25) is 5.91 Å². The molecule has 1 rings (SSSR count). The number of rotatable bonds is 6. The van der Waals surface area contributed by atoms with Gasteiger partial charge in [-0.2, -0.15) is 0 Å². The van der Waals surface area contributed by atoms with E-state index < -0.39 is 0 Å². The van der Waals surface area contributed by atoms with Crippen LogP contribution in [0, 0.1) is 6.92 Å². The maximum absolute atomic E-state index is 11.5. The number of ether oxygens (including phenoxy) is 1. The Kier molecular flexibility index (Phi) is 5.53. The molecule has 94 valence electrons. The molecule has 1 atom stereocenters. The lowest BCUT2D eigenvalue weighted by Crippen LogP contribution is -2.32. The number of benzene rings is 1. The molecule has 0 bridgehead atoms. The molecule has 1 aromatic carbocycles. The van der Waals surface area contributed by atoms with Crippen LogP contribution in [0.25, 0.3) is 0 Å². The zero-order valence-corrected chi connectivity index (χ0v) is 10.8. The van der Waals surface area contributed by atoms with Gasteiger partial charge in [0.15, 0.2) is 0 Å². The normalized spacial score (nSPS) is 11.9. The van der Waals surface area contributed by atoms with E-state index in [4.69, 9.17) is 4.74 Å². The fraction of sp³-hybridized carbons (Fsp3) is 0.500. The van der Waals surface area contributed by atoms with Gasteiger partial charge in [0.1, 0.15) is 5.75 Å². The molecule has 1 unspecified atom stereocenters. The Morgan fingerprint density at radius 3 is 2.59 bits per heavy atom. The van der Waals surface area contributed by atoms with Gasteiger partial charge in [-0.25, -0.2) is 0 Å². The number of carbonyl (C=O) groups is 1. The molecule has 3 nitrogen and oxygen atoms in total. The van der Waals surface area contributed by atoms with Gasteiger partial charge in [-0.1, -0.05) is 24.6 Å². The summed E-state index contributed by atoms with van der Waals surface area (Å²) >= 11 is 0. The van der Waals surface area contributed by atoms with E-state index in [-0.39, 0.29) is 11.9 Å². The van der Waals surface area contributed by atoms with Gasteiger partial charge in [0.05, 0.1) is 13.0 Å². The van der Waals surface area contributed by atoms with Crippen LogP contribution in [0.4, 0.5) is 0 Å². The van der Waals surface area contributed by atoms with Crippen LogP contribution < -0.4 is 10.1 Å². The minimum atomic E-state index is 0.0476. The van der Waals surface area contributed by atoms with E-state index in [1.54, 1.807) is 0 Å².